The molecule has 16 heavy (non-hydrogen) atoms. The number of aliphatic carboxylic acids is 1. The second-order valence-electron chi connectivity index (χ2n) is 2.95. The van der Waals surface area contributed by atoms with Gasteiger partial charge in [0.15, 0.2) is 5.69 Å². The molecule has 6 nitrogen and oxygen atoms in total. The molecule has 0 saturated carbocycles. The van der Waals surface area contributed by atoms with E-state index < -0.39 is 11.9 Å². The fourth-order valence-electron chi connectivity index (χ4n) is 1.13. The third-order valence-corrected chi connectivity index (χ3v) is 1.81. The molecule has 0 aliphatic heterocycles. The lowest BCUT2D eigenvalue weighted by atomic mass is 10.2. The zero-order valence-electron chi connectivity index (χ0n) is 8.89. The maximum absolute atomic E-state index is 11.2. The van der Waals surface area contributed by atoms with Crippen LogP contribution in [0.5, 0.6) is 5.75 Å². The predicted molar refractivity (Wildman–Crippen MR) is 53.5 cm³/mol. The van der Waals surface area contributed by atoms with Crippen LogP contribution in [0, 0.1) is 0 Å². The van der Waals surface area contributed by atoms with Gasteiger partial charge in [0.25, 0.3) is 0 Å². The molecule has 0 atom stereocenters. The molecule has 0 aromatic carbocycles. The average Bonchev–Trinajstić information content (AvgIpc) is 2.26. The molecule has 1 rings (SSSR count). The normalized spacial score (nSPS) is 9.62. The quantitative estimate of drug-likeness (QED) is 0.751. The van der Waals surface area contributed by atoms with Gasteiger partial charge in [-0.05, 0) is 0 Å². The molecule has 1 aromatic rings. The van der Waals surface area contributed by atoms with Crippen molar-refractivity contribution in [3.05, 3.63) is 23.5 Å². The number of pyridine rings is 1. The Balaban J connectivity index is 3.10. The van der Waals surface area contributed by atoms with Gasteiger partial charge in [0.05, 0.1) is 26.3 Å². The maximum Gasteiger partial charge on any atom is 0.356 e. The van der Waals surface area contributed by atoms with E-state index in [1.54, 1.807) is 0 Å². The molecule has 0 spiro atoms. The second kappa shape index (κ2) is 5.11. The van der Waals surface area contributed by atoms with E-state index >= 15 is 0 Å². The zero-order chi connectivity index (χ0) is 12.1. The number of carboxylic acids is 1. The van der Waals surface area contributed by atoms with Gasteiger partial charge in [0.2, 0.25) is 0 Å². The van der Waals surface area contributed by atoms with Crippen LogP contribution >= 0.6 is 0 Å². The number of methoxy groups -OCH3 is 2. The molecule has 1 heterocycles. The summed E-state index contributed by atoms with van der Waals surface area (Å²) in [6.45, 7) is 0. The number of carbonyl (C=O) groups is 2. The van der Waals surface area contributed by atoms with Crippen LogP contribution in [0.1, 0.15) is 16.2 Å². The summed E-state index contributed by atoms with van der Waals surface area (Å²) in [6.07, 6.45) is -0.277. The van der Waals surface area contributed by atoms with Crippen LogP contribution in [0.3, 0.4) is 0 Å². The lowest BCUT2D eigenvalue weighted by molar-refractivity contribution is -0.136. The highest BCUT2D eigenvalue weighted by Crippen LogP contribution is 2.15. The van der Waals surface area contributed by atoms with Gasteiger partial charge in [-0.1, -0.05) is 0 Å². The van der Waals surface area contributed by atoms with Crippen molar-refractivity contribution < 1.29 is 24.2 Å². The zero-order valence-corrected chi connectivity index (χ0v) is 8.89. The summed E-state index contributed by atoms with van der Waals surface area (Å²) in [7, 11) is 2.64. The first-order valence-electron chi connectivity index (χ1n) is 4.42. The maximum atomic E-state index is 11.2. The highest BCUT2D eigenvalue weighted by molar-refractivity contribution is 5.87. The first-order valence-corrected chi connectivity index (χ1v) is 4.42. The van der Waals surface area contributed by atoms with Crippen molar-refractivity contribution in [3.8, 4) is 5.75 Å². The smallest absolute Gasteiger partial charge is 0.356 e. The number of hydrogen-bond donors (Lipinski definition) is 1. The molecule has 86 valence electrons. The Morgan fingerprint density at radius 3 is 2.56 bits per heavy atom. The Morgan fingerprint density at radius 2 is 2.06 bits per heavy atom. The molecule has 0 saturated heterocycles. The molecule has 0 fully saturated rings. The second-order valence-corrected chi connectivity index (χ2v) is 2.95. The predicted octanol–water partition coefficient (Wildman–Crippen LogP) is 0.504. The van der Waals surface area contributed by atoms with E-state index in [1.807, 2.05) is 0 Å². The molecule has 0 aliphatic carbocycles. The van der Waals surface area contributed by atoms with Crippen LogP contribution in [-0.4, -0.2) is 36.2 Å². The molecular formula is C10H11NO5. The molecule has 0 bridgehead atoms. The lowest BCUT2D eigenvalue weighted by Crippen LogP contribution is -2.09. The summed E-state index contributed by atoms with van der Waals surface area (Å²) < 4.78 is 9.42. The van der Waals surface area contributed by atoms with Gasteiger partial charge >= 0.3 is 11.9 Å². The van der Waals surface area contributed by atoms with Crippen molar-refractivity contribution in [2.75, 3.05) is 14.2 Å². The number of ether oxygens (including phenoxy) is 2. The topological polar surface area (TPSA) is 85.7 Å². The monoisotopic (exact) mass is 225 g/mol. The molecule has 0 amide bonds. The van der Waals surface area contributed by atoms with Gasteiger partial charge in [0, 0.05) is 12.1 Å². The fraction of sp³-hybridized carbons (Fsp3) is 0.300. The number of nitrogens with zero attached hydrogens (tertiary/aromatic N) is 1. The Bertz CT molecular complexity index is 416. The largest absolute Gasteiger partial charge is 0.497 e. The van der Waals surface area contributed by atoms with Gasteiger partial charge in [0.1, 0.15) is 5.75 Å². The molecule has 0 radical (unpaired) electrons. The standard InChI is InChI=1S/C10H11NO5/c1-15-7-3-6(4-9(12)13)11-8(5-7)10(14)16-2/h3,5H,4H2,1-2H3,(H,12,13). The van der Waals surface area contributed by atoms with Crippen LogP contribution in [-0.2, 0) is 16.0 Å². The van der Waals surface area contributed by atoms with E-state index in [9.17, 15) is 9.59 Å². The minimum atomic E-state index is -1.03. The highest BCUT2D eigenvalue weighted by atomic mass is 16.5. The number of hydrogen-bond acceptors (Lipinski definition) is 5. The fourth-order valence-corrected chi connectivity index (χ4v) is 1.13. The SMILES string of the molecule is COC(=O)c1cc(OC)cc(CC(=O)O)n1. The van der Waals surface area contributed by atoms with Crippen molar-refractivity contribution in [1.29, 1.82) is 0 Å². The Kier molecular flexibility index (Phi) is 3.82. The third kappa shape index (κ3) is 2.94. The Labute approximate surface area is 91.8 Å². The van der Waals surface area contributed by atoms with Gasteiger partial charge in [-0.15, -0.1) is 0 Å². The highest BCUT2D eigenvalue weighted by Gasteiger charge is 2.12. The van der Waals surface area contributed by atoms with E-state index in [1.165, 1.54) is 26.4 Å². The summed E-state index contributed by atoms with van der Waals surface area (Å²) in [6, 6.07) is 2.84. The minimum Gasteiger partial charge on any atom is -0.497 e. The average molecular weight is 225 g/mol. The first-order chi connectivity index (χ1) is 7.56. The first kappa shape index (κ1) is 12.0. The van der Waals surface area contributed by atoms with Gasteiger partial charge in [-0.2, -0.15) is 0 Å². The summed E-state index contributed by atoms with van der Waals surface area (Å²) in [5.74, 6) is -1.30. The van der Waals surface area contributed by atoms with Crippen LogP contribution in [0.15, 0.2) is 12.1 Å². The number of rotatable bonds is 4. The van der Waals surface area contributed by atoms with E-state index in [4.69, 9.17) is 9.84 Å². The summed E-state index contributed by atoms with van der Waals surface area (Å²) in [5, 5.41) is 8.62. The lowest BCUT2D eigenvalue weighted by Gasteiger charge is -2.05. The van der Waals surface area contributed by atoms with Crippen molar-refractivity contribution in [2.24, 2.45) is 0 Å². The third-order valence-electron chi connectivity index (χ3n) is 1.81. The number of esters is 1. The van der Waals surface area contributed by atoms with Gasteiger partial charge in [-0.25, -0.2) is 9.78 Å². The van der Waals surface area contributed by atoms with E-state index in [0.29, 0.717) is 5.75 Å². The van der Waals surface area contributed by atoms with E-state index in [2.05, 4.69) is 9.72 Å². The van der Waals surface area contributed by atoms with Crippen molar-refractivity contribution in [1.82, 2.24) is 4.98 Å². The number of carboxylic acid groups (broad SMARTS) is 1. The van der Waals surface area contributed by atoms with E-state index in [-0.39, 0.29) is 17.8 Å². The summed E-state index contributed by atoms with van der Waals surface area (Å²) >= 11 is 0. The van der Waals surface area contributed by atoms with Gasteiger partial charge in [-0.3, -0.25) is 4.79 Å². The van der Waals surface area contributed by atoms with Crippen molar-refractivity contribution >= 4 is 11.9 Å². The molecule has 1 aromatic heterocycles. The molecule has 0 aliphatic rings. The van der Waals surface area contributed by atoms with E-state index in [0.717, 1.165) is 0 Å². The Morgan fingerprint density at radius 1 is 1.38 bits per heavy atom. The molecule has 6 heteroatoms. The Hall–Kier alpha value is -2.11. The number of carbonyl (C=O) groups excluding carboxylic acids is 1. The van der Waals surface area contributed by atoms with Crippen molar-refractivity contribution in [3.63, 3.8) is 0 Å². The minimum absolute atomic E-state index is 0.0260. The summed E-state index contributed by atoms with van der Waals surface area (Å²) in [5.41, 5.74) is 0.269. The van der Waals surface area contributed by atoms with Crippen LogP contribution < -0.4 is 4.74 Å². The molecular weight excluding hydrogens is 214 g/mol. The summed E-state index contributed by atoms with van der Waals surface area (Å²) in [4.78, 5) is 25.6. The van der Waals surface area contributed by atoms with Crippen LogP contribution in [0.4, 0.5) is 0 Å². The van der Waals surface area contributed by atoms with Crippen molar-refractivity contribution in [2.45, 2.75) is 6.42 Å². The number of aromatic nitrogens is 1. The molecule has 1 N–H and O–H groups in total. The van der Waals surface area contributed by atoms with Gasteiger partial charge < -0.3 is 14.6 Å². The van der Waals surface area contributed by atoms with Crippen LogP contribution in [0.2, 0.25) is 0 Å². The molecule has 0 unspecified atom stereocenters. The van der Waals surface area contributed by atoms with Crippen LogP contribution in [0.25, 0.3) is 0 Å².